The summed E-state index contributed by atoms with van der Waals surface area (Å²) in [7, 11) is 0. The van der Waals surface area contributed by atoms with Gasteiger partial charge in [-0.15, -0.1) is 0 Å². The third kappa shape index (κ3) is 4.14. The van der Waals surface area contributed by atoms with Gasteiger partial charge in [0.25, 0.3) is 0 Å². The molecule has 0 bridgehead atoms. The monoisotopic (exact) mass is 351 g/mol. The third-order valence-electron chi connectivity index (χ3n) is 4.71. The number of rotatable bonds is 4. The number of hydrogen-bond donors (Lipinski definition) is 0. The average molecular weight is 351 g/mol. The number of hydrogen-bond acceptors (Lipinski definition) is 4. The van der Waals surface area contributed by atoms with Crippen molar-refractivity contribution in [2.24, 2.45) is 0 Å². The number of ether oxygens (including phenoxy) is 1. The van der Waals surface area contributed by atoms with Gasteiger partial charge in [0, 0.05) is 26.2 Å². The summed E-state index contributed by atoms with van der Waals surface area (Å²) in [5, 5.41) is 0. The molecule has 2 rings (SSSR count). The van der Waals surface area contributed by atoms with Crippen LogP contribution in [0, 0.1) is 0 Å². The van der Waals surface area contributed by atoms with Gasteiger partial charge in [-0.05, 0) is 46.6 Å². The van der Waals surface area contributed by atoms with Crippen LogP contribution in [0.1, 0.15) is 40.5 Å². The van der Waals surface area contributed by atoms with Crippen LogP contribution in [0.25, 0.3) is 0 Å². The highest BCUT2D eigenvalue weighted by atomic mass is 16.6. The van der Waals surface area contributed by atoms with E-state index >= 15 is 0 Å². The number of carbonyl (C=O) groups excluding carboxylic acids is 3. The molecule has 3 amide bonds. The molecule has 0 radical (unpaired) electrons. The van der Waals surface area contributed by atoms with Crippen molar-refractivity contribution in [2.75, 3.05) is 32.7 Å². The molecule has 0 aliphatic carbocycles. The molecule has 0 aromatic heterocycles. The predicted octanol–water partition coefficient (Wildman–Crippen LogP) is 1.63. The van der Waals surface area contributed by atoms with Crippen LogP contribution in [0.4, 0.5) is 4.79 Å². The van der Waals surface area contributed by atoms with Gasteiger partial charge < -0.3 is 19.4 Å². The summed E-state index contributed by atoms with van der Waals surface area (Å²) < 4.78 is 5.39. The van der Waals surface area contributed by atoms with Crippen molar-refractivity contribution < 1.29 is 19.1 Å². The minimum Gasteiger partial charge on any atom is -0.444 e. The van der Waals surface area contributed by atoms with Crippen LogP contribution >= 0.6 is 0 Å². The Balaban J connectivity index is 1.97. The van der Waals surface area contributed by atoms with Gasteiger partial charge in [-0.2, -0.15) is 0 Å². The zero-order valence-corrected chi connectivity index (χ0v) is 15.7. The summed E-state index contributed by atoms with van der Waals surface area (Å²) in [6, 6.07) is 0. The van der Waals surface area contributed by atoms with E-state index in [1.165, 1.54) is 11.0 Å². The molecule has 25 heavy (non-hydrogen) atoms. The highest BCUT2D eigenvalue weighted by molar-refractivity contribution is 5.91. The maximum absolute atomic E-state index is 12.7. The summed E-state index contributed by atoms with van der Waals surface area (Å²) >= 11 is 0. The largest absolute Gasteiger partial charge is 0.444 e. The van der Waals surface area contributed by atoms with E-state index in [9.17, 15) is 14.4 Å². The first kappa shape index (κ1) is 19.3. The fourth-order valence-electron chi connectivity index (χ4n) is 3.50. The van der Waals surface area contributed by atoms with Crippen LogP contribution in [-0.2, 0) is 14.3 Å². The molecule has 1 spiro atoms. The van der Waals surface area contributed by atoms with Crippen LogP contribution in [-0.4, -0.2) is 76.5 Å². The van der Waals surface area contributed by atoms with Crippen molar-refractivity contribution in [2.45, 2.75) is 51.7 Å². The predicted molar refractivity (Wildman–Crippen MR) is 93.9 cm³/mol. The molecular formula is C18H29N3O4. The van der Waals surface area contributed by atoms with Crippen LogP contribution < -0.4 is 0 Å². The van der Waals surface area contributed by atoms with Crippen LogP contribution in [0.5, 0.6) is 0 Å². The van der Waals surface area contributed by atoms with Crippen molar-refractivity contribution in [3.05, 3.63) is 12.7 Å². The van der Waals surface area contributed by atoms with Gasteiger partial charge in [-0.1, -0.05) is 6.58 Å². The van der Waals surface area contributed by atoms with E-state index in [0.29, 0.717) is 26.2 Å². The first-order valence-electron chi connectivity index (χ1n) is 8.81. The molecular weight excluding hydrogens is 322 g/mol. The topological polar surface area (TPSA) is 70.2 Å². The minimum atomic E-state index is -0.530. The molecule has 0 atom stereocenters. The van der Waals surface area contributed by atoms with E-state index in [-0.39, 0.29) is 30.0 Å². The zero-order valence-electron chi connectivity index (χ0n) is 15.7. The Morgan fingerprint density at radius 2 is 1.92 bits per heavy atom. The lowest BCUT2D eigenvalue weighted by atomic mass is 9.87. The summed E-state index contributed by atoms with van der Waals surface area (Å²) in [5.74, 6) is -0.313. The van der Waals surface area contributed by atoms with Gasteiger partial charge >= 0.3 is 6.09 Å². The van der Waals surface area contributed by atoms with E-state index in [1.54, 1.807) is 4.90 Å². The quantitative estimate of drug-likeness (QED) is 0.722. The molecule has 2 heterocycles. The Morgan fingerprint density at radius 1 is 1.28 bits per heavy atom. The lowest BCUT2D eigenvalue weighted by Gasteiger charge is -2.52. The lowest BCUT2D eigenvalue weighted by Crippen LogP contribution is -2.70. The van der Waals surface area contributed by atoms with Crippen LogP contribution in [0.2, 0.25) is 0 Å². The van der Waals surface area contributed by atoms with Crippen molar-refractivity contribution in [1.82, 2.24) is 14.7 Å². The van der Waals surface area contributed by atoms with E-state index in [0.717, 1.165) is 12.8 Å². The summed E-state index contributed by atoms with van der Waals surface area (Å²) in [6.45, 7) is 13.0. The molecule has 0 unspecified atom stereocenters. The third-order valence-corrected chi connectivity index (χ3v) is 4.71. The fourth-order valence-corrected chi connectivity index (χ4v) is 3.50. The zero-order chi connectivity index (χ0) is 18.8. The molecule has 0 N–H and O–H groups in total. The first-order chi connectivity index (χ1) is 11.6. The van der Waals surface area contributed by atoms with Gasteiger partial charge in [-0.25, -0.2) is 4.79 Å². The second-order valence-electron chi connectivity index (χ2n) is 7.77. The number of carbonyl (C=O) groups is 3. The number of nitrogens with zero attached hydrogens (tertiary/aromatic N) is 3. The van der Waals surface area contributed by atoms with Gasteiger partial charge in [0.2, 0.25) is 11.8 Å². The second kappa shape index (κ2) is 7.06. The Labute approximate surface area is 149 Å². The van der Waals surface area contributed by atoms with Gasteiger partial charge in [0.05, 0.1) is 5.54 Å². The number of amides is 3. The minimum absolute atomic E-state index is 0.0511. The van der Waals surface area contributed by atoms with Crippen molar-refractivity contribution >= 4 is 17.9 Å². The molecule has 2 aliphatic heterocycles. The van der Waals surface area contributed by atoms with E-state index in [4.69, 9.17) is 4.74 Å². The average Bonchev–Trinajstić information content (AvgIpc) is 2.93. The molecule has 7 heteroatoms. The normalized spacial score (nSPS) is 18.7. The molecule has 7 nitrogen and oxygen atoms in total. The van der Waals surface area contributed by atoms with Crippen molar-refractivity contribution in [3.8, 4) is 0 Å². The van der Waals surface area contributed by atoms with Crippen molar-refractivity contribution in [3.63, 3.8) is 0 Å². The summed E-state index contributed by atoms with van der Waals surface area (Å²) in [6.07, 6.45) is 2.67. The molecule has 0 aromatic rings. The summed E-state index contributed by atoms with van der Waals surface area (Å²) in [5.41, 5.74) is -0.831. The Bertz CT molecular complexity index is 561. The first-order valence-corrected chi connectivity index (χ1v) is 8.81. The Kier molecular flexibility index (Phi) is 5.44. The molecule has 2 saturated heterocycles. The molecule has 2 aliphatic rings. The molecule has 0 saturated carbocycles. The maximum Gasteiger partial charge on any atom is 0.410 e. The van der Waals surface area contributed by atoms with Gasteiger partial charge in [0.1, 0.15) is 12.1 Å². The second-order valence-corrected chi connectivity index (χ2v) is 7.77. The SMILES string of the molecule is C=CC(=O)N(CC)CC(=O)N1CCCC12CN(C(=O)OC(C)(C)C)C2. The highest BCUT2D eigenvalue weighted by Crippen LogP contribution is 2.38. The van der Waals surface area contributed by atoms with Crippen molar-refractivity contribution in [1.29, 1.82) is 0 Å². The van der Waals surface area contributed by atoms with Gasteiger partial charge in [-0.3, -0.25) is 9.59 Å². The summed E-state index contributed by atoms with van der Waals surface area (Å²) in [4.78, 5) is 41.6. The standard InChI is InChI=1S/C18H29N3O4/c1-6-14(22)19(7-2)11-15(23)21-10-8-9-18(21)12-20(13-18)16(24)25-17(3,4)5/h6H,1,7-13H2,2-5H3. The number of likely N-dealkylation sites (tertiary alicyclic amines) is 2. The molecule has 0 aromatic carbocycles. The van der Waals surface area contributed by atoms with E-state index < -0.39 is 5.60 Å². The van der Waals surface area contributed by atoms with E-state index in [2.05, 4.69) is 6.58 Å². The van der Waals surface area contributed by atoms with Crippen LogP contribution in [0.3, 0.4) is 0 Å². The maximum atomic E-state index is 12.7. The highest BCUT2D eigenvalue weighted by Gasteiger charge is 2.54. The Hall–Kier alpha value is -2.05. The fraction of sp³-hybridized carbons (Fsp3) is 0.722. The molecule has 140 valence electrons. The molecule has 2 fully saturated rings. The van der Waals surface area contributed by atoms with E-state index in [1.807, 2.05) is 32.6 Å². The smallest absolute Gasteiger partial charge is 0.410 e. The Morgan fingerprint density at radius 3 is 2.44 bits per heavy atom. The number of likely N-dealkylation sites (N-methyl/N-ethyl adjacent to an activating group) is 1. The van der Waals surface area contributed by atoms with Crippen LogP contribution in [0.15, 0.2) is 12.7 Å². The van der Waals surface area contributed by atoms with Gasteiger partial charge in [0.15, 0.2) is 0 Å². The lowest BCUT2D eigenvalue weighted by molar-refractivity contribution is -0.146.